The Hall–Kier alpha value is -2.38. The molecule has 0 saturated heterocycles. The van der Waals surface area contributed by atoms with Gasteiger partial charge >= 0.3 is 11.8 Å². The van der Waals surface area contributed by atoms with Crippen molar-refractivity contribution in [3.05, 3.63) is 27.9 Å². The molecule has 3 N–H and O–H groups in total. The van der Waals surface area contributed by atoms with Crippen molar-refractivity contribution in [2.45, 2.75) is 19.9 Å². The fraction of sp³-hybridized carbons (Fsp3) is 0.400. The summed E-state index contributed by atoms with van der Waals surface area (Å²) in [5.41, 5.74) is -0.0476. The average Bonchev–Trinajstić information content (AvgIpc) is 2.73. The monoisotopic (exact) mass is 255 g/mol. The van der Waals surface area contributed by atoms with E-state index in [4.69, 9.17) is 5.11 Å². The maximum absolute atomic E-state index is 11.7. The van der Waals surface area contributed by atoms with Crippen LogP contribution >= 0.6 is 0 Å². The minimum Gasteiger partial charge on any atom is -0.480 e. The molecule has 18 heavy (non-hydrogen) atoms. The molecule has 8 nitrogen and oxygen atoms in total. The summed E-state index contributed by atoms with van der Waals surface area (Å²) in [6.07, 6.45) is 0. The predicted molar refractivity (Wildman–Crippen MR) is 61.2 cm³/mol. The SMILES string of the molecule is CC(C)[C@H](NC(=O)c1ccc([N+](=O)[O-])[nH]1)C(=O)O. The van der Waals surface area contributed by atoms with Crippen LogP contribution in [-0.4, -0.2) is 32.9 Å². The number of aromatic amines is 1. The number of carboxylic acid groups (broad SMARTS) is 1. The zero-order valence-electron chi connectivity index (χ0n) is 9.84. The Morgan fingerprint density at radius 1 is 1.44 bits per heavy atom. The summed E-state index contributed by atoms with van der Waals surface area (Å²) in [5.74, 6) is -2.46. The molecule has 0 aromatic carbocycles. The van der Waals surface area contributed by atoms with Gasteiger partial charge < -0.3 is 20.5 Å². The molecular formula is C10H13N3O5. The molecule has 0 unspecified atom stereocenters. The van der Waals surface area contributed by atoms with Gasteiger partial charge in [-0.15, -0.1) is 0 Å². The van der Waals surface area contributed by atoms with Crippen molar-refractivity contribution < 1.29 is 19.6 Å². The third-order valence-corrected chi connectivity index (χ3v) is 2.33. The summed E-state index contributed by atoms with van der Waals surface area (Å²) in [7, 11) is 0. The van der Waals surface area contributed by atoms with Gasteiger partial charge in [0.25, 0.3) is 5.91 Å². The maximum atomic E-state index is 11.7. The van der Waals surface area contributed by atoms with Gasteiger partial charge in [0.15, 0.2) is 5.69 Å². The molecule has 1 aromatic rings. The average molecular weight is 255 g/mol. The van der Waals surface area contributed by atoms with Crippen molar-refractivity contribution in [3.63, 3.8) is 0 Å². The number of H-pyrrole nitrogens is 1. The quantitative estimate of drug-likeness (QED) is 0.529. The molecule has 0 aliphatic heterocycles. The lowest BCUT2D eigenvalue weighted by molar-refractivity contribution is -0.389. The highest BCUT2D eigenvalue weighted by molar-refractivity contribution is 5.95. The fourth-order valence-electron chi connectivity index (χ4n) is 1.36. The molecule has 0 aliphatic carbocycles. The van der Waals surface area contributed by atoms with Crippen LogP contribution in [-0.2, 0) is 4.79 Å². The molecular weight excluding hydrogens is 242 g/mol. The summed E-state index contributed by atoms with van der Waals surface area (Å²) < 4.78 is 0. The number of rotatable bonds is 5. The normalized spacial score (nSPS) is 12.2. The van der Waals surface area contributed by atoms with Crippen LogP contribution in [0.15, 0.2) is 12.1 Å². The topological polar surface area (TPSA) is 125 Å². The second-order valence-electron chi connectivity index (χ2n) is 4.05. The van der Waals surface area contributed by atoms with Crippen molar-refractivity contribution in [2.24, 2.45) is 5.92 Å². The molecule has 1 heterocycles. The van der Waals surface area contributed by atoms with Crippen LogP contribution in [0.2, 0.25) is 0 Å². The third kappa shape index (κ3) is 3.06. The number of carbonyl (C=O) groups is 2. The Morgan fingerprint density at radius 3 is 2.44 bits per heavy atom. The van der Waals surface area contributed by atoms with Gasteiger partial charge in [-0.3, -0.25) is 4.79 Å². The molecule has 1 aromatic heterocycles. The summed E-state index contributed by atoms with van der Waals surface area (Å²) in [6.45, 7) is 3.30. The van der Waals surface area contributed by atoms with Gasteiger partial charge in [0.1, 0.15) is 6.04 Å². The first kappa shape index (κ1) is 13.7. The van der Waals surface area contributed by atoms with Gasteiger partial charge in [0, 0.05) is 6.07 Å². The number of hydrogen-bond acceptors (Lipinski definition) is 4. The molecule has 0 saturated carbocycles. The van der Waals surface area contributed by atoms with Crippen molar-refractivity contribution in [3.8, 4) is 0 Å². The van der Waals surface area contributed by atoms with Gasteiger partial charge in [-0.05, 0) is 16.9 Å². The van der Waals surface area contributed by atoms with Crippen LogP contribution < -0.4 is 5.32 Å². The largest absolute Gasteiger partial charge is 0.480 e. The van der Waals surface area contributed by atoms with Crippen molar-refractivity contribution in [1.29, 1.82) is 0 Å². The first-order chi connectivity index (χ1) is 8.32. The summed E-state index contributed by atoms with van der Waals surface area (Å²) in [6, 6.07) is 1.33. The predicted octanol–water partition coefficient (Wildman–Crippen LogP) is 0.762. The highest BCUT2D eigenvalue weighted by Crippen LogP contribution is 2.10. The molecule has 1 rings (SSSR count). The summed E-state index contributed by atoms with van der Waals surface area (Å²) in [4.78, 5) is 34.6. The van der Waals surface area contributed by atoms with Crippen molar-refractivity contribution in [1.82, 2.24) is 10.3 Å². The number of carbonyl (C=O) groups excluding carboxylic acids is 1. The highest BCUT2D eigenvalue weighted by Gasteiger charge is 2.26. The Bertz CT molecular complexity index is 480. The van der Waals surface area contributed by atoms with Gasteiger partial charge in [0.2, 0.25) is 0 Å². The molecule has 0 fully saturated rings. The lowest BCUT2D eigenvalue weighted by atomic mass is 10.0. The first-order valence-electron chi connectivity index (χ1n) is 5.20. The molecule has 98 valence electrons. The van der Waals surface area contributed by atoms with E-state index in [9.17, 15) is 19.7 Å². The number of aliphatic carboxylic acids is 1. The second kappa shape index (κ2) is 5.30. The van der Waals surface area contributed by atoms with E-state index in [0.717, 1.165) is 6.07 Å². The first-order valence-corrected chi connectivity index (χ1v) is 5.20. The number of nitrogens with one attached hydrogen (secondary N) is 2. The van der Waals surface area contributed by atoms with Crippen LogP contribution in [0.25, 0.3) is 0 Å². The Balaban J connectivity index is 2.80. The fourth-order valence-corrected chi connectivity index (χ4v) is 1.36. The molecule has 1 atom stereocenters. The van der Waals surface area contributed by atoms with E-state index < -0.39 is 22.8 Å². The van der Waals surface area contributed by atoms with E-state index in [1.807, 2.05) is 0 Å². The van der Waals surface area contributed by atoms with Crippen molar-refractivity contribution in [2.75, 3.05) is 0 Å². The van der Waals surface area contributed by atoms with Crippen LogP contribution in [0.1, 0.15) is 24.3 Å². The Morgan fingerprint density at radius 2 is 2.06 bits per heavy atom. The van der Waals surface area contributed by atoms with E-state index in [-0.39, 0.29) is 17.4 Å². The van der Waals surface area contributed by atoms with Gasteiger partial charge in [0.05, 0.1) is 0 Å². The van der Waals surface area contributed by atoms with Crippen LogP contribution in [0.4, 0.5) is 5.82 Å². The van der Waals surface area contributed by atoms with E-state index in [0.29, 0.717) is 0 Å². The van der Waals surface area contributed by atoms with Crippen LogP contribution in [0.3, 0.4) is 0 Å². The third-order valence-electron chi connectivity index (χ3n) is 2.33. The van der Waals surface area contributed by atoms with E-state index in [1.54, 1.807) is 13.8 Å². The lowest BCUT2D eigenvalue weighted by Gasteiger charge is -2.16. The molecule has 0 bridgehead atoms. The summed E-state index contributed by atoms with van der Waals surface area (Å²) in [5, 5.41) is 21.6. The zero-order chi connectivity index (χ0) is 13.9. The molecule has 8 heteroatoms. The van der Waals surface area contributed by atoms with Crippen molar-refractivity contribution >= 4 is 17.7 Å². The van der Waals surface area contributed by atoms with Gasteiger partial charge in [-0.25, -0.2) is 9.78 Å². The summed E-state index contributed by atoms with van der Waals surface area (Å²) >= 11 is 0. The molecule has 0 radical (unpaired) electrons. The number of amides is 1. The Labute approximate surface area is 102 Å². The molecule has 1 amide bonds. The lowest BCUT2D eigenvalue weighted by Crippen LogP contribution is -2.44. The second-order valence-corrected chi connectivity index (χ2v) is 4.05. The number of nitrogens with zero attached hydrogens (tertiary/aromatic N) is 1. The molecule has 0 spiro atoms. The minimum atomic E-state index is -1.15. The van der Waals surface area contributed by atoms with E-state index in [2.05, 4.69) is 10.3 Å². The number of nitro groups is 1. The van der Waals surface area contributed by atoms with E-state index in [1.165, 1.54) is 6.07 Å². The highest BCUT2D eigenvalue weighted by atomic mass is 16.6. The number of hydrogen-bond donors (Lipinski definition) is 3. The number of aromatic nitrogens is 1. The van der Waals surface area contributed by atoms with Gasteiger partial charge in [-0.1, -0.05) is 13.8 Å². The minimum absolute atomic E-state index is 0.0476. The zero-order valence-corrected chi connectivity index (χ0v) is 9.84. The maximum Gasteiger partial charge on any atom is 0.326 e. The standard InChI is InChI=1S/C10H13N3O5/c1-5(2)8(10(15)16)12-9(14)6-3-4-7(11-6)13(17)18/h3-5,8,11H,1-2H3,(H,12,14)(H,15,16)/t8-/m0/s1. The Kier molecular flexibility index (Phi) is 4.03. The number of carboxylic acids is 1. The molecule has 0 aliphatic rings. The van der Waals surface area contributed by atoms with Crippen LogP contribution in [0, 0.1) is 16.0 Å². The van der Waals surface area contributed by atoms with Gasteiger partial charge in [-0.2, -0.15) is 0 Å². The van der Waals surface area contributed by atoms with E-state index >= 15 is 0 Å². The smallest absolute Gasteiger partial charge is 0.326 e. The van der Waals surface area contributed by atoms with Crippen LogP contribution in [0.5, 0.6) is 0 Å².